The van der Waals surface area contributed by atoms with E-state index in [9.17, 15) is 33.9 Å². The van der Waals surface area contributed by atoms with Gasteiger partial charge in [0.05, 0.1) is 28.2 Å². The summed E-state index contributed by atoms with van der Waals surface area (Å²) in [4.78, 5) is 79.2. The van der Waals surface area contributed by atoms with Gasteiger partial charge in [-0.3, -0.25) is 19.2 Å². The number of carbonyl (C=O) groups is 6. The molecule has 2 aliphatic carbocycles. The first-order valence-electron chi connectivity index (χ1n) is 16.5. The molecule has 5 rings (SSSR count). The minimum Gasteiger partial charge on any atom is -0.465 e. The Kier molecular flexibility index (Phi) is 10.1. The van der Waals surface area contributed by atoms with Crippen LogP contribution in [-0.4, -0.2) is 94.9 Å². The van der Waals surface area contributed by atoms with E-state index < -0.39 is 107 Å². The molecule has 9 atom stereocenters. The molecule has 2 bridgehead atoms. The van der Waals surface area contributed by atoms with Gasteiger partial charge >= 0.3 is 35.8 Å². The van der Waals surface area contributed by atoms with Crippen LogP contribution in [0, 0.1) is 11.3 Å². The van der Waals surface area contributed by atoms with Crippen LogP contribution >= 0.6 is 0 Å². The second-order valence-electron chi connectivity index (χ2n) is 13.9. The van der Waals surface area contributed by atoms with Crippen LogP contribution in [0.2, 0.25) is 0 Å². The maximum absolute atomic E-state index is 14.0. The molecule has 2 aromatic carbocycles. The van der Waals surface area contributed by atoms with Crippen LogP contribution in [0.5, 0.6) is 0 Å². The highest BCUT2D eigenvalue weighted by Crippen LogP contribution is 2.69. The molecule has 2 aromatic rings. The standard InChI is InChI=1S/C37H42O14/c1-20(38)45-19-36-29(48-23(4)41)26(46-21(2)39)18-35(7,44)37(36)30(49-32(42)24-14-10-8-11-15-24)27(34(5,6)51-37)28(47-22(3)40)31(36)50-33(43)25-16-12-9-13-17-25/h8-17,26-31,44H,18-19H2,1-7H3/t26-,27+,28?,29-,30+,31+,35-,36+,37-/m0/s1. The van der Waals surface area contributed by atoms with Gasteiger partial charge < -0.3 is 38.3 Å². The third kappa shape index (κ3) is 6.46. The van der Waals surface area contributed by atoms with Gasteiger partial charge in [-0.2, -0.15) is 0 Å². The Morgan fingerprint density at radius 2 is 1.16 bits per heavy atom. The number of hydrogen-bond donors (Lipinski definition) is 1. The first kappa shape index (κ1) is 37.4. The van der Waals surface area contributed by atoms with Gasteiger partial charge in [0.25, 0.3) is 0 Å². The van der Waals surface area contributed by atoms with Crippen molar-refractivity contribution in [2.24, 2.45) is 11.3 Å². The molecule has 2 saturated carbocycles. The van der Waals surface area contributed by atoms with Crippen molar-refractivity contribution < 1.29 is 67.0 Å². The van der Waals surface area contributed by atoms with Crippen LogP contribution in [0.25, 0.3) is 0 Å². The third-order valence-electron chi connectivity index (χ3n) is 9.96. The van der Waals surface area contributed by atoms with Gasteiger partial charge in [-0.15, -0.1) is 0 Å². The quantitative estimate of drug-likeness (QED) is 0.295. The number of aliphatic hydroxyl groups is 1. The minimum atomic E-state index is -2.30. The fourth-order valence-corrected chi connectivity index (χ4v) is 8.39. The number of fused-ring (bicyclic) bond motifs is 1. The van der Waals surface area contributed by atoms with Gasteiger partial charge in [-0.1, -0.05) is 36.4 Å². The van der Waals surface area contributed by atoms with E-state index in [-0.39, 0.29) is 11.1 Å². The van der Waals surface area contributed by atoms with Gasteiger partial charge in [-0.05, 0) is 45.0 Å². The van der Waals surface area contributed by atoms with Gasteiger partial charge in [0.15, 0.2) is 17.8 Å². The lowest BCUT2D eigenvalue weighted by molar-refractivity contribution is -0.362. The summed E-state index contributed by atoms with van der Waals surface area (Å²) in [6, 6.07) is 15.8. The van der Waals surface area contributed by atoms with E-state index in [1.54, 1.807) is 50.2 Å². The van der Waals surface area contributed by atoms with E-state index in [1.807, 2.05) is 0 Å². The SMILES string of the molecule is CC(=O)OC[C@@]12[C@H](OC(=O)c3ccccc3)C(OC(C)=O)[C@@H]3[C@@H](OC(=O)c4ccccc4)[C@]1(OC3(C)C)[C@@](C)(O)C[C@H](OC(C)=O)[C@@H]2OC(C)=O. The van der Waals surface area contributed by atoms with Crippen LogP contribution in [0.3, 0.4) is 0 Å². The predicted molar refractivity (Wildman–Crippen MR) is 174 cm³/mol. The van der Waals surface area contributed by atoms with Gasteiger partial charge in [0, 0.05) is 34.1 Å². The largest absolute Gasteiger partial charge is 0.465 e. The lowest BCUT2D eigenvalue weighted by Crippen LogP contribution is -2.85. The Balaban J connectivity index is 1.90. The molecular formula is C37H42O14. The second kappa shape index (κ2) is 13.7. The topological polar surface area (TPSA) is 187 Å². The van der Waals surface area contributed by atoms with Crippen molar-refractivity contribution in [1.29, 1.82) is 0 Å². The summed E-state index contributed by atoms with van der Waals surface area (Å²) in [5.41, 5.74) is -8.04. The van der Waals surface area contributed by atoms with E-state index in [0.717, 1.165) is 27.7 Å². The van der Waals surface area contributed by atoms with Crippen LogP contribution < -0.4 is 0 Å². The fourth-order valence-electron chi connectivity index (χ4n) is 8.39. The average Bonchev–Trinajstić information content (AvgIpc) is 3.25. The van der Waals surface area contributed by atoms with E-state index in [2.05, 4.69) is 0 Å². The summed E-state index contributed by atoms with van der Waals surface area (Å²) in [5.74, 6) is -6.35. The molecular weight excluding hydrogens is 668 g/mol. The van der Waals surface area contributed by atoms with Crippen molar-refractivity contribution in [3.8, 4) is 0 Å². The molecule has 1 saturated heterocycles. The minimum absolute atomic E-state index is 0.0732. The zero-order chi connectivity index (χ0) is 37.5. The summed E-state index contributed by atoms with van der Waals surface area (Å²) in [5, 5.41) is 12.8. The first-order chi connectivity index (χ1) is 23.9. The van der Waals surface area contributed by atoms with E-state index in [0.29, 0.717) is 0 Å². The lowest BCUT2D eigenvalue weighted by atomic mass is 9.45. The van der Waals surface area contributed by atoms with E-state index in [4.69, 9.17) is 33.2 Å². The molecule has 1 spiro atoms. The Labute approximate surface area is 294 Å². The Morgan fingerprint density at radius 1 is 0.667 bits per heavy atom. The Morgan fingerprint density at radius 3 is 1.63 bits per heavy atom. The molecule has 14 nitrogen and oxygen atoms in total. The highest BCUT2D eigenvalue weighted by Gasteiger charge is 2.89. The van der Waals surface area contributed by atoms with Gasteiger partial charge in [0.1, 0.15) is 30.3 Å². The van der Waals surface area contributed by atoms with Crippen molar-refractivity contribution in [1.82, 2.24) is 0 Å². The fraction of sp³-hybridized carbons (Fsp3) is 0.514. The number of esters is 6. The number of hydrogen-bond acceptors (Lipinski definition) is 14. The molecule has 1 heterocycles. The molecule has 0 aromatic heterocycles. The summed E-state index contributed by atoms with van der Waals surface area (Å²) in [6.07, 6.45) is -8.54. The monoisotopic (exact) mass is 710 g/mol. The summed E-state index contributed by atoms with van der Waals surface area (Å²) < 4.78 is 42.8. The molecule has 51 heavy (non-hydrogen) atoms. The number of rotatable bonds is 9. The molecule has 1 N–H and O–H groups in total. The van der Waals surface area contributed by atoms with Crippen molar-refractivity contribution >= 4 is 35.8 Å². The van der Waals surface area contributed by atoms with Crippen molar-refractivity contribution in [3.05, 3.63) is 71.8 Å². The van der Waals surface area contributed by atoms with Gasteiger partial charge in [-0.25, -0.2) is 9.59 Å². The Bertz CT molecular complexity index is 1690. The molecule has 14 heteroatoms. The Hall–Kier alpha value is -4.82. The first-order valence-corrected chi connectivity index (χ1v) is 16.5. The summed E-state index contributed by atoms with van der Waals surface area (Å²) >= 11 is 0. The third-order valence-corrected chi connectivity index (χ3v) is 9.96. The highest BCUT2D eigenvalue weighted by molar-refractivity contribution is 5.90. The molecule has 1 unspecified atom stereocenters. The van der Waals surface area contributed by atoms with Crippen LogP contribution in [-0.2, 0) is 52.3 Å². The zero-order valence-corrected chi connectivity index (χ0v) is 29.4. The van der Waals surface area contributed by atoms with Crippen LogP contribution in [0.1, 0.15) is 75.6 Å². The lowest BCUT2D eigenvalue weighted by Gasteiger charge is -2.66. The van der Waals surface area contributed by atoms with E-state index >= 15 is 0 Å². The van der Waals surface area contributed by atoms with Crippen LogP contribution in [0.4, 0.5) is 0 Å². The maximum atomic E-state index is 14.0. The van der Waals surface area contributed by atoms with Gasteiger partial charge in [0.2, 0.25) is 0 Å². The van der Waals surface area contributed by atoms with Crippen LogP contribution in [0.15, 0.2) is 60.7 Å². The molecule has 0 radical (unpaired) electrons. The van der Waals surface area contributed by atoms with E-state index in [1.165, 1.54) is 31.2 Å². The number of ether oxygens (including phenoxy) is 7. The normalized spacial score (nSPS) is 33.1. The maximum Gasteiger partial charge on any atom is 0.338 e. The zero-order valence-electron chi connectivity index (χ0n) is 29.4. The molecule has 1 aliphatic heterocycles. The predicted octanol–water partition coefficient (Wildman–Crippen LogP) is 3.11. The van der Waals surface area contributed by atoms with Crippen molar-refractivity contribution in [2.45, 2.75) is 102 Å². The smallest absolute Gasteiger partial charge is 0.338 e. The molecule has 274 valence electrons. The molecule has 3 aliphatic rings. The number of benzene rings is 2. The molecule has 0 amide bonds. The van der Waals surface area contributed by atoms with Crippen molar-refractivity contribution in [2.75, 3.05) is 6.61 Å². The average molecular weight is 711 g/mol. The highest BCUT2D eigenvalue weighted by atomic mass is 16.7. The molecule has 3 fully saturated rings. The second-order valence-corrected chi connectivity index (χ2v) is 13.9. The number of carbonyl (C=O) groups excluding carboxylic acids is 6. The van der Waals surface area contributed by atoms with Crippen molar-refractivity contribution in [3.63, 3.8) is 0 Å². The summed E-state index contributed by atoms with van der Waals surface area (Å²) in [6.45, 7) is 8.14. The summed E-state index contributed by atoms with van der Waals surface area (Å²) in [7, 11) is 0.